The van der Waals surface area contributed by atoms with Crippen molar-refractivity contribution >= 4 is 5.69 Å². The Hall–Kier alpha value is -1.53. The van der Waals surface area contributed by atoms with E-state index in [1.807, 2.05) is 0 Å². The maximum absolute atomic E-state index is 8.61. The van der Waals surface area contributed by atoms with Gasteiger partial charge in [0.1, 0.15) is 0 Å². The van der Waals surface area contributed by atoms with Crippen molar-refractivity contribution in [1.82, 2.24) is 4.90 Å². The molecule has 1 aliphatic heterocycles. The molecule has 1 saturated heterocycles. The number of benzene rings is 1. The van der Waals surface area contributed by atoms with Gasteiger partial charge in [0.25, 0.3) is 0 Å². The zero-order chi connectivity index (χ0) is 12.8. The molecule has 0 saturated carbocycles. The van der Waals surface area contributed by atoms with E-state index in [0.717, 1.165) is 39.1 Å². The van der Waals surface area contributed by atoms with Gasteiger partial charge < -0.3 is 4.90 Å². The molecule has 3 heteroatoms. The summed E-state index contributed by atoms with van der Waals surface area (Å²) in [7, 11) is 0. The maximum Gasteiger partial charge on any atom is 0.0635 e. The van der Waals surface area contributed by atoms with E-state index in [9.17, 15) is 0 Å². The minimum absolute atomic E-state index is 0.644. The highest BCUT2D eigenvalue weighted by molar-refractivity contribution is 5.54. The molecule has 1 aromatic carbocycles. The molecule has 0 radical (unpaired) electrons. The lowest BCUT2D eigenvalue weighted by Crippen LogP contribution is -2.46. The second-order valence-corrected chi connectivity index (χ2v) is 4.72. The molecule has 18 heavy (non-hydrogen) atoms. The summed E-state index contributed by atoms with van der Waals surface area (Å²) in [6, 6.07) is 10.9. The highest BCUT2D eigenvalue weighted by Gasteiger charge is 2.17. The molecule has 1 heterocycles. The quantitative estimate of drug-likeness (QED) is 0.812. The summed E-state index contributed by atoms with van der Waals surface area (Å²) in [4.78, 5) is 4.86. The fourth-order valence-corrected chi connectivity index (χ4v) is 2.54. The molecule has 0 amide bonds. The second-order valence-electron chi connectivity index (χ2n) is 4.72. The molecule has 0 aromatic heterocycles. The zero-order valence-electron chi connectivity index (χ0n) is 11.1. The van der Waals surface area contributed by atoms with E-state index in [0.29, 0.717) is 6.42 Å². The predicted molar refractivity (Wildman–Crippen MR) is 74.7 cm³/mol. The van der Waals surface area contributed by atoms with Gasteiger partial charge in [-0.3, -0.25) is 4.90 Å². The first-order valence-electron chi connectivity index (χ1n) is 6.77. The summed E-state index contributed by atoms with van der Waals surface area (Å²) in [5.41, 5.74) is 2.82. The molecule has 0 spiro atoms. The second kappa shape index (κ2) is 6.42. The number of piperazine rings is 1. The largest absolute Gasteiger partial charge is 0.369 e. The number of rotatable bonds is 4. The van der Waals surface area contributed by atoms with Crippen molar-refractivity contribution in [3.63, 3.8) is 0 Å². The van der Waals surface area contributed by atoms with Crippen molar-refractivity contribution in [2.75, 3.05) is 37.6 Å². The Bertz CT molecular complexity index is 414. The smallest absolute Gasteiger partial charge is 0.0635 e. The lowest BCUT2D eigenvalue weighted by Gasteiger charge is -2.36. The molecule has 1 fully saturated rings. The van der Waals surface area contributed by atoms with E-state index in [2.05, 4.69) is 47.1 Å². The highest BCUT2D eigenvalue weighted by atomic mass is 15.3. The van der Waals surface area contributed by atoms with E-state index >= 15 is 0 Å². The van der Waals surface area contributed by atoms with Gasteiger partial charge in [-0.2, -0.15) is 5.26 Å². The number of nitrogens with zero attached hydrogens (tertiary/aromatic N) is 3. The van der Waals surface area contributed by atoms with Crippen molar-refractivity contribution < 1.29 is 0 Å². The van der Waals surface area contributed by atoms with Gasteiger partial charge in [-0.15, -0.1) is 0 Å². The van der Waals surface area contributed by atoms with Crippen LogP contribution in [0.2, 0.25) is 0 Å². The number of para-hydroxylation sites is 1. The molecule has 0 N–H and O–H groups in total. The average Bonchev–Trinajstić information content (AvgIpc) is 2.45. The first-order chi connectivity index (χ1) is 8.85. The number of hydrogen-bond acceptors (Lipinski definition) is 3. The Morgan fingerprint density at radius 3 is 2.56 bits per heavy atom. The van der Waals surface area contributed by atoms with Crippen LogP contribution >= 0.6 is 0 Å². The van der Waals surface area contributed by atoms with Crippen LogP contribution in [0.3, 0.4) is 0 Å². The van der Waals surface area contributed by atoms with E-state index in [4.69, 9.17) is 5.26 Å². The molecule has 1 aliphatic rings. The predicted octanol–water partition coefficient (Wildman–Crippen LogP) is 2.28. The highest BCUT2D eigenvalue weighted by Crippen LogP contribution is 2.22. The van der Waals surface area contributed by atoms with E-state index in [1.54, 1.807) is 0 Å². The van der Waals surface area contributed by atoms with Crippen molar-refractivity contribution in [2.45, 2.75) is 19.8 Å². The van der Waals surface area contributed by atoms with Crippen LogP contribution in [0.5, 0.6) is 0 Å². The van der Waals surface area contributed by atoms with Crippen LogP contribution < -0.4 is 4.90 Å². The number of hydrogen-bond donors (Lipinski definition) is 0. The van der Waals surface area contributed by atoms with Crippen molar-refractivity contribution in [3.8, 4) is 6.07 Å². The van der Waals surface area contributed by atoms with E-state index in [1.165, 1.54) is 11.3 Å². The van der Waals surface area contributed by atoms with Crippen LogP contribution in [0.4, 0.5) is 5.69 Å². The Kier molecular flexibility index (Phi) is 4.60. The fourth-order valence-electron chi connectivity index (χ4n) is 2.54. The van der Waals surface area contributed by atoms with Gasteiger partial charge in [0.15, 0.2) is 0 Å². The first-order valence-corrected chi connectivity index (χ1v) is 6.77. The summed E-state index contributed by atoms with van der Waals surface area (Å²) in [6.07, 6.45) is 1.73. The summed E-state index contributed by atoms with van der Waals surface area (Å²) in [5, 5.41) is 8.61. The SMILES string of the molecule is CCc1ccccc1N1CCN(CCC#N)CC1. The third-order valence-electron chi connectivity index (χ3n) is 3.63. The minimum Gasteiger partial charge on any atom is -0.369 e. The minimum atomic E-state index is 0.644. The monoisotopic (exact) mass is 243 g/mol. The maximum atomic E-state index is 8.61. The van der Waals surface area contributed by atoms with Crippen molar-refractivity contribution in [3.05, 3.63) is 29.8 Å². The Morgan fingerprint density at radius 1 is 1.17 bits per heavy atom. The molecule has 1 aromatic rings. The van der Waals surface area contributed by atoms with Crippen LogP contribution in [-0.2, 0) is 6.42 Å². The van der Waals surface area contributed by atoms with Gasteiger partial charge in [0.05, 0.1) is 6.07 Å². The number of aryl methyl sites for hydroxylation is 1. The molecule has 96 valence electrons. The van der Waals surface area contributed by atoms with Crippen LogP contribution in [0, 0.1) is 11.3 Å². The van der Waals surface area contributed by atoms with Crippen LogP contribution in [0.1, 0.15) is 18.9 Å². The average molecular weight is 243 g/mol. The summed E-state index contributed by atoms with van der Waals surface area (Å²) in [5.74, 6) is 0. The topological polar surface area (TPSA) is 30.3 Å². The van der Waals surface area contributed by atoms with E-state index < -0.39 is 0 Å². The van der Waals surface area contributed by atoms with Crippen LogP contribution in [0.15, 0.2) is 24.3 Å². The zero-order valence-corrected chi connectivity index (χ0v) is 11.1. The molecular formula is C15H21N3. The van der Waals surface area contributed by atoms with Gasteiger partial charge in [-0.25, -0.2) is 0 Å². The number of anilines is 1. The Morgan fingerprint density at radius 2 is 1.89 bits per heavy atom. The van der Waals surface area contributed by atoms with Gasteiger partial charge in [0, 0.05) is 44.8 Å². The molecule has 0 bridgehead atoms. The Balaban J connectivity index is 1.95. The van der Waals surface area contributed by atoms with Gasteiger partial charge >= 0.3 is 0 Å². The third-order valence-corrected chi connectivity index (χ3v) is 3.63. The van der Waals surface area contributed by atoms with Gasteiger partial charge in [-0.1, -0.05) is 25.1 Å². The molecule has 0 atom stereocenters. The summed E-state index contributed by atoms with van der Waals surface area (Å²) >= 11 is 0. The summed E-state index contributed by atoms with van der Waals surface area (Å²) < 4.78 is 0. The Labute approximate surface area is 110 Å². The molecular weight excluding hydrogens is 222 g/mol. The van der Waals surface area contributed by atoms with Crippen LogP contribution in [-0.4, -0.2) is 37.6 Å². The van der Waals surface area contributed by atoms with E-state index in [-0.39, 0.29) is 0 Å². The van der Waals surface area contributed by atoms with Gasteiger partial charge in [-0.05, 0) is 18.1 Å². The summed E-state index contributed by atoms with van der Waals surface area (Å²) in [6.45, 7) is 7.41. The molecule has 0 aliphatic carbocycles. The first kappa shape index (κ1) is 12.9. The normalized spacial score (nSPS) is 16.6. The molecule has 0 unspecified atom stereocenters. The lowest BCUT2D eigenvalue weighted by atomic mass is 10.1. The third kappa shape index (κ3) is 3.02. The molecule has 3 nitrogen and oxygen atoms in total. The fraction of sp³-hybridized carbons (Fsp3) is 0.533. The lowest BCUT2D eigenvalue weighted by molar-refractivity contribution is 0.263. The van der Waals surface area contributed by atoms with Crippen molar-refractivity contribution in [2.24, 2.45) is 0 Å². The molecule has 2 rings (SSSR count). The van der Waals surface area contributed by atoms with Crippen molar-refractivity contribution in [1.29, 1.82) is 5.26 Å². The standard InChI is InChI=1S/C15H21N3/c1-2-14-6-3-4-7-15(14)18-12-10-17(11-13-18)9-5-8-16/h3-4,6-7H,2,5,9-13H2,1H3. The number of nitriles is 1. The van der Waals surface area contributed by atoms with Crippen LogP contribution in [0.25, 0.3) is 0 Å². The van der Waals surface area contributed by atoms with Gasteiger partial charge in [0.2, 0.25) is 0 Å².